The van der Waals surface area contributed by atoms with Gasteiger partial charge in [-0.3, -0.25) is 4.79 Å². The van der Waals surface area contributed by atoms with Crippen molar-refractivity contribution >= 4 is 27.5 Å². The number of sulfone groups is 1. The second-order valence-electron chi connectivity index (χ2n) is 7.01. The van der Waals surface area contributed by atoms with Crippen LogP contribution >= 0.6 is 11.8 Å². The van der Waals surface area contributed by atoms with Crippen LogP contribution in [-0.2, 0) is 15.6 Å². The van der Waals surface area contributed by atoms with Crippen molar-refractivity contribution in [3.8, 4) is 0 Å². The maximum atomic E-state index is 12.8. The molecule has 1 unspecified atom stereocenters. The summed E-state index contributed by atoms with van der Waals surface area (Å²) in [6.45, 7) is 1.21. The lowest BCUT2D eigenvalue weighted by molar-refractivity contribution is 0.0684. The zero-order valence-electron chi connectivity index (χ0n) is 15.4. The van der Waals surface area contributed by atoms with Crippen molar-refractivity contribution in [3.63, 3.8) is 0 Å². The predicted octanol–water partition coefficient (Wildman–Crippen LogP) is 3.27. The van der Waals surface area contributed by atoms with E-state index in [1.165, 1.54) is 6.26 Å². The molecule has 2 aromatic rings. The summed E-state index contributed by atoms with van der Waals surface area (Å²) in [6, 6.07) is 13.5. The molecular formula is C20H24N2O3S2. The minimum Gasteiger partial charge on any atom is -0.338 e. The van der Waals surface area contributed by atoms with Crippen LogP contribution < -0.4 is 0 Å². The monoisotopic (exact) mass is 404 g/mol. The Balaban J connectivity index is 1.58. The fourth-order valence-electron chi connectivity index (χ4n) is 3.33. The molecule has 3 rings (SSSR count). The van der Waals surface area contributed by atoms with Gasteiger partial charge < -0.3 is 4.90 Å². The Labute approximate surface area is 165 Å². The molecule has 0 radical (unpaired) electrons. The number of piperidine rings is 1. The van der Waals surface area contributed by atoms with E-state index in [2.05, 4.69) is 4.98 Å². The van der Waals surface area contributed by atoms with Gasteiger partial charge in [-0.15, -0.1) is 11.8 Å². The second-order valence-corrected chi connectivity index (χ2v) is 10.2. The van der Waals surface area contributed by atoms with E-state index in [0.717, 1.165) is 29.2 Å². The highest BCUT2D eigenvalue weighted by molar-refractivity contribution is 7.98. The molecule has 1 saturated heterocycles. The van der Waals surface area contributed by atoms with Crippen LogP contribution in [0.4, 0.5) is 0 Å². The Morgan fingerprint density at radius 3 is 2.67 bits per heavy atom. The maximum Gasteiger partial charge on any atom is 0.253 e. The number of amides is 1. The summed E-state index contributed by atoms with van der Waals surface area (Å²) in [5, 5.41) is 0.975. The van der Waals surface area contributed by atoms with Crippen molar-refractivity contribution in [1.82, 2.24) is 9.88 Å². The third kappa shape index (κ3) is 6.07. The van der Waals surface area contributed by atoms with E-state index < -0.39 is 9.84 Å². The molecule has 144 valence electrons. The molecule has 1 amide bonds. The van der Waals surface area contributed by atoms with Crippen molar-refractivity contribution in [2.45, 2.75) is 23.6 Å². The fraction of sp³-hybridized carbons (Fsp3) is 0.400. The van der Waals surface area contributed by atoms with Crippen LogP contribution in [0.1, 0.15) is 28.8 Å². The third-order valence-electron chi connectivity index (χ3n) is 4.57. The molecule has 7 heteroatoms. The van der Waals surface area contributed by atoms with Gasteiger partial charge in [0, 0.05) is 36.9 Å². The molecule has 0 aliphatic carbocycles. The van der Waals surface area contributed by atoms with Gasteiger partial charge in [-0.2, -0.15) is 0 Å². The number of carbonyl (C=O) groups is 1. The number of aromatic nitrogens is 1. The van der Waals surface area contributed by atoms with Gasteiger partial charge in [0.05, 0.1) is 10.8 Å². The van der Waals surface area contributed by atoms with Crippen LogP contribution in [0.25, 0.3) is 0 Å². The summed E-state index contributed by atoms with van der Waals surface area (Å²) in [6.07, 6.45) is 4.75. The van der Waals surface area contributed by atoms with Gasteiger partial charge in [0.1, 0.15) is 9.84 Å². The van der Waals surface area contributed by atoms with E-state index in [-0.39, 0.29) is 17.6 Å². The molecule has 1 aromatic carbocycles. The Bertz CT molecular complexity index is 868. The van der Waals surface area contributed by atoms with Gasteiger partial charge in [-0.1, -0.05) is 18.2 Å². The van der Waals surface area contributed by atoms with Crippen LogP contribution in [-0.4, -0.2) is 49.3 Å². The summed E-state index contributed by atoms with van der Waals surface area (Å²) in [5.74, 6) is 0.968. The maximum absolute atomic E-state index is 12.8. The standard InChI is InChI=1S/C20H24N2O3S2/c1-27(24,25)15-17-5-4-12-22(13-17)20(23)18-9-7-16(8-10-18)14-26-19-6-2-3-11-21-19/h2-3,6-11,17H,4-5,12-15H2,1H3. The van der Waals surface area contributed by atoms with E-state index >= 15 is 0 Å². The largest absolute Gasteiger partial charge is 0.338 e. The molecule has 0 saturated carbocycles. The molecule has 1 aliphatic rings. The first-order valence-corrected chi connectivity index (χ1v) is 12.0. The average molecular weight is 405 g/mol. The van der Waals surface area contributed by atoms with Gasteiger partial charge in [0.25, 0.3) is 5.91 Å². The number of thioether (sulfide) groups is 1. The number of benzene rings is 1. The Kier molecular flexibility index (Phi) is 6.55. The minimum atomic E-state index is -3.02. The number of pyridine rings is 1. The van der Waals surface area contributed by atoms with E-state index in [9.17, 15) is 13.2 Å². The number of rotatable bonds is 6. The predicted molar refractivity (Wildman–Crippen MR) is 109 cm³/mol. The molecule has 0 spiro atoms. The minimum absolute atomic E-state index is 0.0165. The van der Waals surface area contributed by atoms with E-state index in [1.807, 2.05) is 42.5 Å². The first-order chi connectivity index (χ1) is 12.9. The zero-order chi connectivity index (χ0) is 19.3. The van der Waals surface area contributed by atoms with Crippen LogP contribution in [0.5, 0.6) is 0 Å². The number of hydrogen-bond acceptors (Lipinski definition) is 5. The lowest BCUT2D eigenvalue weighted by atomic mass is 9.99. The molecule has 1 aliphatic heterocycles. The zero-order valence-corrected chi connectivity index (χ0v) is 17.0. The topological polar surface area (TPSA) is 67.3 Å². The van der Waals surface area contributed by atoms with Gasteiger partial charge in [-0.25, -0.2) is 13.4 Å². The van der Waals surface area contributed by atoms with Crippen LogP contribution in [0, 0.1) is 5.92 Å². The summed E-state index contributed by atoms with van der Waals surface area (Å²) in [4.78, 5) is 18.8. The summed E-state index contributed by atoms with van der Waals surface area (Å²) >= 11 is 1.66. The fourth-order valence-corrected chi connectivity index (χ4v) is 5.28. The van der Waals surface area contributed by atoms with Crippen LogP contribution in [0.2, 0.25) is 0 Å². The normalized spacial score (nSPS) is 17.7. The van der Waals surface area contributed by atoms with Crippen LogP contribution in [0.15, 0.2) is 53.7 Å². The Morgan fingerprint density at radius 2 is 2.00 bits per heavy atom. The van der Waals surface area contributed by atoms with Gasteiger partial charge >= 0.3 is 0 Å². The number of carbonyl (C=O) groups excluding carboxylic acids is 1. The van der Waals surface area contributed by atoms with Gasteiger partial charge in [-0.05, 0) is 48.6 Å². The molecule has 0 N–H and O–H groups in total. The Hall–Kier alpha value is -1.86. The Morgan fingerprint density at radius 1 is 1.22 bits per heavy atom. The molecule has 27 heavy (non-hydrogen) atoms. The molecular weight excluding hydrogens is 380 g/mol. The quantitative estimate of drug-likeness (QED) is 0.691. The third-order valence-corrected chi connectivity index (χ3v) is 6.66. The first kappa shape index (κ1) is 19.9. The van der Waals surface area contributed by atoms with E-state index in [4.69, 9.17) is 0 Å². The first-order valence-electron chi connectivity index (χ1n) is 9.00. The second kappa shape index (κ2) is 8.89. The number of likely N-dealkylation sites (tertiary alicyclic amines) is 1. The van der Waals surface area contributed by atoms with Crippen molar-refractivity contribution in [2.24, 2.45) is 5.92 Å². The number of hydrogen-bond donors (Lipinski definition) is 0. The van der Waals surface area contributed by atoms with Gasteiger partial charge in [0.15, 0.2) is 0 Å². The van der Waals surface area contributed by atoms with Crippen LogP contribution in [0.3, 0.4) is 0 Å². The SMILES string of the molecule is CS(=O)(=O)CC1CCCN(C(=O)c2ccc(CSc3ccccn3)cc2)C1. The van der Waals surface area contributed by atoms with Crippen molar-refractivity contribution < 1.29 is 13.2 Å². The molecule has 1 aromatic heterocycles. The average Bonchev–Trinajstić information content (AvgIpc) is 2.66. The highest BCUT2D eigenvalue weighted by Crippen LogP contribution is 2.22. The smallest absolute Gasteiger partial charge is 0.253 e. The molecule has 5 nitrogen and oxygen atoms in total. The molecule has 1 fully saturated rings. The summed E-state index contributed by atoms with van der Waals surface area (Å²) in [5.41, 5.74) is 1.79. The molecule has 1 atom stereocenters. The highest BCUT2D eigenvalue weighted by Gasteiger charge is 2.26. The highest BCUT2D eigenvalue weighted by atomic mass is 32.2. The van der Waals surface area contributed by atoms with Crippen molar-refractivity contribution in [2.75, 3.05) is 25.1 Å². The molecule has 0 bridgehead atoms. The van der Waals surface area contributed by atoms with Crippen molar-refractivity contribution in [3.05, 3.63) is 59.8 Å². The van der Waals surface area contributed by atoms with E-state index in [1.54, 1.807) is 22.9 Å². The lowest BCUT2D eigenvalue weighted by Crippen LogP contribution is -2.41. The van der Waals surface area contributed by atoms with Crippen molar-refractivity contribution in [1.29, 1.82) is 0 Å². The molecule has 2 heterocycles. The summed E-state index contributed by atoms with van der Waals surface area (Å²) < 4.78 is 23.1. The number of nitrogens with zero attached hydrogens (tertiary/aromatic N) is 2. The van der Waals surface area contributed by atoms with Gasteiger partial charge in [0.2, 0.25) is 0 Å². The summed E-state index contributed by atoms with van der Waals surface area (Å²) in [7, 11) is -3.02. The van der Waals surface area contributed by atoms with E-state index in [0.29, 0.717) is 18.7 Å². The lowest BCUT2D eigenvalue weighted by Gasteiger charge is -2.32.